The number of carbonyl (C=O) groups excluding carboxylic acids is 1. The van der Waals surface area contributed by atoms with Gasteiger partial charge in [-0.05, 0) is 19.4 Å². The van der Waals surface area contributed by atoms with Crippen LogP contribution in [0.2, 0.25) is 0 Å². The second-order valence-corrected chi connectivity index (χ2v) is 6.72. The van der Waals surface area contributed by atoms with Gasteiger partial charge in [0.1, 0.15) is 5.69 Å². The summed E-state index contributed by atoms with van der Waals surface area (Å²) >= 11 is 0. The Labute approximate surface area is 106 Å². The normalized spacial score (nSPS) is 22.0. The topological polar surface area (TPSA) is 72.3 Å². The Morgan fingerprint density at radius 1 is 1.61 bits per heavy atom. The van der Waals surface area contributed by atoms with Crippen molar-refractivity contribution in [3.8, 4) is 0 Å². The van der Waals surface area contributed by atoms with Crippen LogP contribution in [-0.4, -0.2) is 53.1 Å². The second kappa shape index (κ2) is 4.72. The Morgan fingerprint density at radius 3 is 2.78 bits per heavy atom. The number of aryl methyl sites for hydroxylation is 1. The highest BCUT2D eigenvalue weighted by atomic mass is 32.2. The molecule has 6 nitrogen and oxygen atoms in total. The fraction of sp³-hybridized carbons (Fsp3) is 0.636. The molecule has 18 heavy (non-hydrogen) atoms. The minimum Gasteiger partial charge on any atom is -0.334 e. The number of nitrogens with zero attached hydrogens (tertiary/aromatic N) is 3. The number of rotatable bonds is 3. The highest BCUT2D eigenvalue weighted by Crippen LogP contribution is 2.19. The molecule has 0 N–H and O–H groups in total. The summed E-state index contributed by atoms with van der Waals surface area (Å²) in [5, 5.41) is 3.96. The van der Waals surface area contributed by atoms with E-state index >= 15 is 0 Å². The number of amides is 1. The molecule has 1 amide bonds. The van der Waals surface area contributed by atoms with Crippen LogP contribution in [0.4, 0.5) is 0 Å². The molecule has 1 saturated heterocycles. The van der Waals surface area contributed by atoms with Gasteiger partial charge in [-0.15, -0.1) is 0 Å². The first-order valence-corrected chi connectivity index (χ1v) is 7.76. The van der Waals surface area contributed by atoms with Crippen molar-refractivity contribution in [3.05, 3.63) is 18.0 Å². The molecule has 100 valence electrons. The number of aromatic nitrogens is 2. The zero-order valence-electron chi connectivity index (χ0n) is 10.5. The van der Waals surface area contributed by atoms with Gasteiger partial charge in [0.15, 0.2) is 9.84 Å². The summed E-state index contributed by atoms with van der Waals surface area (Å²) in [6.07, 6.45) is 2.09. The van der Waals surface area contributed by atoms with Crippen molar-refractivity contribution in [1.29, 1.82) is 0 Å². The van der Waals surface area contributed by atoms with Crippen molar-refractivity contribution in [2.45, 2.75) is 19.4 Å². The Balaban J connectivity index is 2.20. The fourth-order valence-electron chi connectivity index (χ4n) is 2.32. The van der Waals surface area contributed by atoms with E-state index in [-0.39, 0.29) is 23.5 Å². The van der Waals surface area contributed by atoms with Crippen LogP contribution >= 0.6 is 0 Å². The zero-order valence-corrected chi connectivity index (χ0v) is 11.4. The van der Waals surface area contributed by atoms with Crippen LogP contribution in [0.1, 0.15) is 23.8 Å². The predicted octanol–water partition coefficient (Wildman–Crippen LogP) is 0.0693. The summed E-state index contributed by atoms with van der Waals surface area (Å²) in [4.78, 5) is 14.0. The van der Waals surface area contributed by atoms with E-state index < -0.39 is 9.84 Å². The first kappa shape index (κ1) is 13.1. The molecule has 1 unspecified atom stereocenters. The molecule has 1 atom stereocenters. The Bertz CT molecular complexity index is 550. The third-order valence-corrected chi connectivity index (χ3v) is 5.04. The first-order chi connectivity index (χ1) is 8.44. The summed E-state index contributed by atoms with van der Waals surface area (Å²) in [6.45, 7) is 2.36. The molecule has 0 radical (unpaired) electrons. The van der Waals surface area contributed by atoms with E-state index in [0.29, 0.717) is 18.7 Å². The lowest BCUT2D eigenvalue weighted by molar-refractivity contribution is 0.0697. The maximum absolute atomic E-state index is 12.3. The SMILES string of the molecule is CCN(C(=O)c1ccnn1C)C1CCS(=O)(=O)C1. The Hall–Kier alpha value is -1.37. The van der Waals surface area contributed by atoms with Crippen LogP contribution in [-0.2, 0) is 16.9 Å². The third-order valence-electron chi connectivity index (χ3n) is 3.29. The van der Waals surface area contributed by atoms with E-state index in [4.69, 9.17) is 0 Å². The third kappa shape index (κ3) is 2.40. The van der Waals surface area contributed by atoms with Crippen molar-refractivity contribution >= 4 is 15.7 Å². The molecule has 0 spiro atoms. The Morgan fingerprint density at radius 2 is 2.33 bits per heavy atom. The van der Waals surface area contributed by atoms with Crippen molar-refractivity contribution in [3.63, 3.8) is 0 Å². The molecule has 1 fully saturated rings. The average molecular weight is 271 g/mol. The zero-order chi connectivity index (χ0) is 13.3. The summed E-state index contributed by atoms with van der Waals surface area (Å²) in [5.41, 5.74) is 0.487. The molecule has 0 bridgehead atoms. The molecule has 2 heterocycles. The van der Waals surface area contributed by atoms with Crippen LogP contribution in [0.3, 0.4) is 0 Å². The first-order valence-electron chi connectivity index (χ1n) is 5.94. The minimum atomic E-state index is -2.98. The molecule has 1 aliphatic heterocycles. The maximum Gasteiger partial charge on any atom is 0.272 e. The summed E-state index contributed by atoms with van der Waals surface area (Å²) < 4.78 is 24.5. The summed E-state index contributed by atoms with van der Waals surface area (Å²) in [5.74, 6) is 0.0941. The van der Waals surface area contributed by atoms with Gasteiger partial charge in [0.05, 0.1) is 11.5 Å². The Kier molecular flexibility index (Phi) is 3.43. The van der Waals surface area contributed by atoms with Crippen LogP contribution in [0.25, 0.3) is 0 Å². The van der Waals surface area contributed by atoms with Gasteiger partial charge in [-0.2, -0.15) is 5.10 Å². The van der Waals surface area contributed by atoms with Crippen molar-refractivity contribution in [2.24, 2.45) is 7.05 Å². The fourth-order valence-corrected chi connectivity index (χ4v) is 4.05. The monoisotopic (exact) mass is 271 g/mol. The van der Waals surface area contributed by atoms with Crippen molar-refractivity contribution < 1.29 is 13.2 Å². The van der Waals surface area contributed by atoms with Gasteiger partial charge >= 0.3 is 0 Å². The molecule has 0 saturated carbocycles. The maximum atomic E-state index is 12.3. The van der Waals surface area contributed by atoms with Gasteiger partial charge < -0.3 is 4.90 Å². The standard InChI is InChI=1S/C11H17N3O3S/c1-3-14(9-5-7-18(16,17)8-9)11(15)10-4-6-12-13(10)2/h4,6,9H,3,5,7-8H2,1-2H3. The molecule has 1 aromatic rings. The molecular formula is C11H17N3O3S. The van der Waals surface area contributed by atoms with E-state index in [0.717, 1.165) is 0 Å². The van der Waals surface area contributed by atoms with E-state index in [9.17, 15) is 13.2 Å². The summed E-state index contributed by atoms with van der Waals surface area (Å²) in [6, 6.07) is 1.44. The van der Waals surface area contributed by atoms with Crippen LogP contribution in [0, 0.1) is 0 Å². The van der Waals surface area contributed by atoms with Gasteiger partial charge in [0.2, 0.25) is 0 Å². The van der Waals surface area contributed by atoms with Crippen LogP contribution in [0.5, 0.6) is 0 Å². The van der Waals surface area contributed by atoms with Gasteiger partial charge in [-0.1, -0.05) is 0 Å². The molecule has 2 rings (SSSR count). The van der Waals surface area contributed by atoms with Gasteiger partial charge in [0, 0.05) is 25.8 Å². The average Bonchev–Trinajstić information content (AvgIpc) is 2.86. The molecule has 1 aromatic heterocycles. The number of carbonyl (C=O) groups is 1. The summed E-state index contributed by atoms with van der Waals surface area (Å²) in [7, 11) is -1.28. The molecule has 0 aromatic carbocycles. The smallest absolute Gasteiger partial charge is 0.272 e. The van der Waals surface area contributed by atoms with Crippen LogP contribution < -0.4 is 0 Å². The second-order valence-electron chi connectivity index (χ2n) is 4.49. The highest BCUT2D eigenvalue weighted by molar-refractivity contribution is 7.91. The molecule has 0 aliphatic carbocycles. The lowest BCUT2D eigenvalue weighted by atomic mass is 10.2. The highest BCUT2D eigenvalue weighted by Gasteiger charge is 2.34. The van der Waals surface area contributed by atoms with Crippen molar-refractivity contribution in [1.82, 2.24) is 14.7 Å². The number of hydrogen-bond acceptors (Lipinski definition) is 4. The van der Waals surface area contributed by atoms with Gasteiger partial charge in [-0.3, -0.25) is 9.48 Å². The minimum absolute atomic E-state index is 0.0738. The lowest BCUT2D eigenvalue weighted by Crippen LogP contribution is -2.41. The van der Waals surface area contributed by atoms with E-state index in [1.807, 2.05) is 6.92 Å². The van der Waals surface area contributed by atoms with Crippen LogP contribution in [0.15, 0.2) is 12.3 Å². The van der Waals surface area contributed by atoms with Crippen molar-refractivity contribution in [2.75, 3.05) is 18.1 Å². The lowest BCUT2D eigenvalue weighted by Gasteiger charge is -2.26. The van der Waals surface area contributed by atoms with Gasteiger partial charge in [0.25, 0.3) is 5.91 Å². The largest absolute Gasteiger partial charge is 0.334 e. The number of hydrogen-bond donors (Lipinski definition) is 0. The molecule has 1 aliphatic rings. The van der Waals surface area contributed by atoms with E-state index in [2.05, 4.69) is 5.10 Å². The van der Waals surface area contributed by atoms with Gasteiger partial charge in [-0.25, -0.2) is 8.42 Å². The predicted molar refractivity (Wildman–Crippen MR) is 67.0 cm³/mol. The number of sulfone groups is 1. The molecular weight excluding hydrogens is 254 g/mol. The molecule has 7 heteroatoms. The van der Waals surface area contributed by atoms with E-state index in [1.54, 1.807) is 24.2 Å². The van der Waals surface area contributed by atoms with E-state index in [1.165, 1.54) is 4.68 Å². The quantitative estimate of drug-likeness (QED) is 0.780.